The quantitative estimate of drug-likeness (QED) is 0.727. The molecule has 0 saturated heterocycles. The lowest BCUT2D eigenvalue weighted by Gasteiger charge is -2.26. The third-order valence-corrected chi connectivity index (χ3v) is 3.08. The summed E-state index contributed by atoms with van der Waals surface area (Å²) in [5.41, 5.74) is 1.88. The molecule has 0 spiro atoms. The van der Waals surface area contributed by atoms with E-state index in [1.165, 1.54) is 0 Å². The van der Waals surface area contributed by atoms with Crippen LogP contribution in [0.5, 0.6) is 0 Å². The second-order valence-electron chi connectivity index (χ2n) is 4.30. The molecule has 1 amide bonds. The SMILES string of the molecule is Cc1ccnc2c1NC(=O)C(C1CC1)N2. The first-order valence-electron chi connectivity index (χ1n) is 5.29. The predicted molar refractivity (Wildman–Crippen MR) is 57.7 cm³/mol. The molecule has 1 atom stereocenters. The van der Waals surface area contributed by atoms with Gasteiger partial charge < -0.3 is 10.6 Å². The van der Waals surface area contributed by atoms with E-state index in [-0.39, 0.29) is 11.9 Å². The van der Waals surface area contributed by atoms with Gasteiger partial charge in [-0.25, -0.2) is 4.98 Å². The van der Waals surface area contributed by atoms with Gasteiger partial charge in [0.05, 0.1) is 5.69 Å². The number of carbonyl (C=O) groups excluding carboxylic acids is 1. The molecule has 1 aliphatic heterocycles. The third kappa shape index (κ3) is 1.37. The number of nitrogens with zero attached hydrogens (tertiary/aromatic N) is 1. The molecule has 3 rings (SSSR count). The van der Waals surface area contributed by atoms with Gasteiger partial charge in [0.2, 0.25) is 5.91 Å². The van der Waals surface area contributed by atoms with Gasteiger partial charge in [0.25, 0.3) is 0 Å². The lowest BCUT2D eigenvalue weighted by Crippen LogP contribution is -2.41. The Hall–Kier alpha value is -1.58. The largest absolute Gasteiger partial charge is 0.356 e. The molecule has 1 aromatic rings. The van der Waals surface area contributed by atoms with E-state index in [1.807, 2.05) is 13.0 Å². The summed E-state index contributed by atoms with van der Waals surface area (Å²) in [6, 6.07) is 1.82. The lowest BCUT2D eigenvalue weighted by atomic mass is 10.1. The van der Waals surface area contributed by atoms with E-state index in [2.05, 4.69) is 15.6 Å². The monoisotopic (exact) mass is 203 g/mol. The smallest absolute Gasteiger partial charge is 0.247 e. The Morgan fingerprint density at radius 2 is 2.27 bits per heavy atom. The number of pyridine rings is 1. The van der Waals surface area contributed by atoms with Crippen LogP contribution in [0.2, 0.25) is 0 Å². The highest BCUT2D eigenvalue weighted by atomic mass is 16.2. The first kappa shape index (κ1) is 8.71. The zero-order valence-electron chi connectivity index (χ0n) is 8.58. The van der Waals surface area contributed by atoms with Crippen molar-refractivity contribution >= 4 is 17.4 Å². The standard InChI is InChI=1S/C11H13N3O/c1-6-4-5-12-10-8(6)14-11(15)9(13-10)7-2-3-7/h4-5,7,9H,2-3H2,1H3,(H,12,13)(H,14,15). The van der Waals surface area contributed by atoms with Gasteiger partial charge in [-0.2, -0.15) is 0 Å². The van der Waals surface area contributed by atoms with Crippen LogP contribution in [0.1, 0.15) is 18.4 Å². The fourth-order valence-corrected chi connectivity index (χ4v) is 2.00. The van der Waals surface area contributed by atoms with Crippen LogP contribution in [0.4, 0.5) is 11.5 Å². The first-order valence-corrected chi connectivity index (χ1v) is 5.29. The van der Waals surface area contributed by atoms with Crippen molar-refractivity contribution in [3.05, 3.63) is 17.8 Å². The molecule has 1 saturated carbocycles. The van der Waals surface area contributed by atoms with Crippen LogP contribution in [-0.4, -0.2) is 16.9 Å². The third-order valence-electron chi connectivity index (χ3n) is 3.08. The van der Waals surface area contributed by atoms with E-state index < -0.39 is 0 Å². The van der Waals surface area contributed by atoms with Crippen molar-refractivity contribution in [3.8, 4) is 0 Å². The fraction of sp³-hybridized carbons (Fsp3) is 0.455. The number of hydrogen-bond donors (Lipinski definition) is 2. The van der Waals surface area contributed by atoms with Crippen molar-refractivity contribution in [1.29, 1.82) is 0 Å². The molecule has 1 fully saturated rings. The topological polar surface area (TPSA) is 54.0 Å². The van der Waals surface area contributed by atoms with Crippen LogP contribution in [0.3, 0.4) is 0 Å². The van der Waals surface area contributed by atoms with Crippen molar-refractivity contribution in [2.24, 2.45) is 5.92 Å². The number of rotatable bonds is 1. The number of amides is 1. The summed E-state index contributed by atoms with van der Waals surface area (Å²) in [6.45, 7) is 1.97. The van der Waals surface area contributed by atoms with E-state index in [0.717, 1.165) is 29.9 Å². The molecular formula is C11H13N3O. The summed E-state index contributed by atoms with van der Waals surface area (Å²) in [5.74, 6) is 1.40. The van der Waals surface area contributed by atoms with Crippen molar-refractivity contribution in [1.82, 2.24) is 4.98 Å². The molecule has 2 N–H and O–H groups in total. The second-order valence-corrected chi connectivity index (χ2v) is 4.30. The molecule has 1 aliphatic carbocycles. The van der Waals surface area contributed by atoms with Gasteiger partial charge in [-0.3, -0.25) is 4.79 Å². The molecule has 0 aromatic carbocycles. The average molecular weight is 203 g/mol. The van der Waals surface area contributed by atoms with Crippen LogP contribution in [0, 0.1) is 12.8 Å². The molecule has 0 bridgehead atoms. The summed E-state index contributed by atoms with van der Waals surface area (Å²) in [7, 11) is 0. The highest BCUT2D eigenvalue weighted by Gasteiger charge is 2.39. The Morgan fingerprint density at radius 1 is 1.47 bits per heavy atom. The number of aromatic nitrogens is 1. The number of fused-ring (bicyclic) bond motifs is 1. The zero-order chi connectivity index (χ0) is 10.4. The molecule has 78 valence electrons. The minimum atomic E-state index is -0.0770. The molecule has 15 heavy (non-hydrogen) atoms. The molecule has 0 radical (unpaired) electrons. The first-order chi connectivity index (χ1) is 7.25. The minimum absolute atomic E-state index is 0.0770. The molecular weight excluding hydrogens is 190 g/mol. The van der Waals surface area contributed by atoms with Gasteiger partial charge in [0.15, 0.2) is 5.82 Å². The zero-order valence-corrected chi connectivity index (χ0v) is 8.58. The minimum Gasteiger partial charge on any atom is -0.356 e. The van der Waals surface area contributed by atoms with E-state index in [9.17, 15) is 4.79 Å². The van der Waals surface area contributed by atoms with Gasteiger partial charge in [-0.05, 0) is 37.3 Å². The van der Waals surface area contributed by atoms with E-state index >= 15 is 0 Å². The van der Waals surface area contributed by atoms with Crippen LogP contribution >= 0.6 is 0 Å². The number of aryl methyl sites for hydroxylation is 1. The molecule has 1 aromatic heterocycles. The van der Waals surface area contributed by atoms with E-state index in [1.54, 1.807) is 6.20 Å². The van der Waals surface area contributed by atoms with Crippen molar-refractivity contribution in [2.75, 3.05) is 10.6 Å². The Labute approximate surface area is 88.1 Å². The summed E-state index contributed by atoms with van der Waals surface area (Å²) < 4.78 is 0. The van der Waals surface area contributed by atoms with Gasteiger partial charge in [-0.15, -0.1) is 0 Å². The number of carbonyl (C=O) groups is 1. The van der Waals surface area contributed by atoms with E-state index in [0.29, 0.717) is 5.92 Å². The number of anilines is 2. The normalized spacial score (nSPS) is 24.1. The van der Waals surface area contributed by atoms with E-state index in [4.69, 9.17) is 0 Å². The maximum Gasteiger partial charge on any atom is 0.247 e. The summed E-state index contributed by atoms with van der Waals surface area (Å²) >= 11 is 0. The van der Waals surface area contributed by atoms with Gasteiger partial charge in [-0.1, -0.05) is 0 Å². The highest BCUT2D eigenvalue weighted by Crippen LogP contribution is 2.38. The molecule has 2 aliphatic rings. The predicted octanol–water partition coefficient (Wildman–Crippen LogP) is 1.53. The van der Waals surface area contributed by atoms with Crippen molar-refractivity contribution in [3.63, 3.8) is 0 Å². The Morgan fingerprint density at radius 3 is 3.00 bits per heavy atom. The summed E-state index contributed by atoms with van der Waals surface area (Å²) in [6.07, 6.45) is 4.06. The van der Waals surface area contributed by atoms with Crippen LogP contribution in [0.25, 0.3) is 0 Å². The summed E-state index contributed by atoms with van der Waals surface area (Å²) in [4.78, 5) is 16.0. The fourth-order valence-electron chi connectivity index (χ4n) is 2.00. The molecule has 4 nitrogen and oxygen atoms in total. The van der Waals surface area contributed by atoms with Gasteiger partial charge >= 0.3 is 0 Å². The number of nitrogens with one attached hydrogen (secondary N) is 2. The average Bonchev–Trinajstić information content (AvgIpc) is 3.02. The maximum atomic E-state index is 11.8. The van der Waals surface area contributed by atoms with Gasteiger partial charge in [0.1, 0.15) is 6.04 Å². The molecule has 4 heteroatoms. The van der Waals surface area contributed by atoms with Crippen molar-refractivity contribution in [2.45, 2.75) is 25.8 Å². The molecule has 2 heterocycles. The Balaban J connectivity index is 1.98. The summed E-state index contributed by atoms with van der Waals surface area (Å²) in [5, 5.41) is 6.16. The Bertz CT molecular complexity index is 426. The lowest BCUT2D eigenvalue weighted by molar-refractivity contribution is -0.117. The Kier molecular flexibility index (Phi) is 1.71. The van der Waals surface area contributed by atoms with Crippen LogP contribution < -0.4 is 10.6 Å². The second kappa shape index (κ2) is 2.95. The number of hydrogen-bond acceptors (Lipinski definition) is 3. The van der Waals surface area contributed by atoms with Crippen LogP contribution in [0.15, 0.2) is 12.3 Å². The van der Waals surface area contributed by atoms with Crippen molar-refractivity contribution < 1.29 is 4.79 Å². The highest BCUT2D eigenvalue weighted by molar-refractivity contribution is 6.03. The molecule has 1 unspecified atom stereocenters. The van der Waals surface area contributed by atoms with Gasteiger partial charge in [0, 0.05) is 6.20 Å². The van der Waals surface area contributed by atoms with Crippen LogP contribution in [-0.2, 0) is 4.79 Å². The maximum absolute atomic E-state index is 11.8.